The zero-order valence-electron chi connectivity index (χ0n) is 12.0. The quantitative estimate of drug-likeness (QED) is 0.823. The zero-order valence-corrected chi connectivity index (χ0v) is 12.0. The molecule has 0 aromatic heterocycles. The molecular weight excluding hydrogens is 256 g/mol. The predicted octanol–water partition coefficient (Wildman–Crippen LogP) is 1.87. The molecule has 2 rings (SSSR count). The zero-order chi connectivity index (χ0) is 14.9. The Labute approximate surface area is 118 Å². The summed E-state index contributed by atoms with van der Waals surface area (Å²) in [6.45, 7) is 3.77. The van der Waals surface area contributed by atoms with E-state index in [1.165, 1.54) is 7.11 Å². The molecule has 1 unspecified atom stereocenters. The van der Waals surface area contributed by atoms with Crippen molar-refractivity contribution in [2.75, 3.05) is 12.4 Å². The highest BCUT2D eigenvalue weighted by molar-refractivity contribution is 6.05. The minimum atomic E-state index is -0.548. The van der Waals surface area contributed by atoms with E-state index in [-0.39, 0.29) is 24.3 Å². The molecule has 1 heterocycles. The Morgan fingerprint density at radius 1 is 1.45 bits per heavy atom. The third kappa shape index (κ3) is 2.54. The van der Waals surface area contributed by atoms with Gasteiger partial charge in [-0.3, -0.25) is 9.59 Å². The number of anilines is 1. The average Bonchev–Trinajstić information content (AvgIpc) is 2.66. The second kappa shape index (κ2) is 5.25. The summed E-state index contributed by atoms with van der Waals surface area (Å²) in [5.41, 5.74) is 8.27. The molecule has 1 aromatic rings. The standard InChI is InChI=1S/C15H20N2O3/c1-15(2)10-8-9(4-6-12(10)17-14(15)19)11(16)5-7-13(18)20-3/h4,6,8,11H,5,7,16H2,1-3H3,(H,17,19). The van der Waals surface area contributed by atoms with Crippen LogP contribution >= 0.6 is 0 Å². The Morgan fingerprint density at radius 3 is 2.80 bits per heavy atom. The molecule has 1 aliphatic heterocycles. The van der Waals surface area contributed by atoms with Crippen molar-refractivity contribution in [1.82, 2.24) is 0 Å². The summed E-state index contributed by atoms with van der Waals surface area (Å²) in [7, 11) is 1.36. The van der Waals surface area contributed by atoms with Gasteiger partial charge in [-0.25, -0.2) is 0 Å². The number of esters is 1. The summed E-state index contributed by atoms with van der Waals surface area (Å²) >= 11 is 0. The van der Waals surface area contributed by atoms with E-state index in [0.717, 1.165) is 16.8 Å². The van der Waals surface area contributed by atoms with Crippen molar-refractivity contribution >= 4 is 17.6 Å². The Hall–Kier alpha value is -1.88. The third-order valence-electron chi connectivity index (χ3n) is 3.85. The monoisotopic (exact) mass is 276 g/mol. The fourth-order valence-electron chi connectivity index (χ4n) is 2.36. The molecule has 0 saturated carbocycles. The molecule has 0 bridgehead atoms. The van der Waals surface area contributed by atoms with Gasteiger partial charge < -0.3 is 15.8 Å². The van der Waals surface area contributed by atoms with Crippen LogP contribution in [0.4, 0.5) is 5.69 Å². The molecule has 20 heavy (non-hydrogen) atoms. The van der Waals surface area contributed by atoms with Crippen LogP contribution in [0, 0.1) is 0 Å². The molecule has 0 saturated heterocycles. The van der Waals surface area contributed by atoms with Gasteiger partial charge in [-0.2, -0.15) is 0 Å². The van der Waals surface area contributed by atoms with E-state index < -0.39 is 5.41 Å². The molecule has 0 fully saturated rings. The van der Waals surface area contributed by atoms with E-state index in [0.29, 0.717) is 6.42 Å². The van der Waals surface area contributed by atoms with Crippen molar-refractivity contribution in [3.63, 3.8) is 0 Å². The fraction of sp³-hybridized carbons (Fsp3) is 0.467. The van der Waals surface area contributed by atoms with Crippen LogP contribution in [0.5, 0.6) is 0 Å². The van der Waals surface area contributed by atoms with Gasteiger partial charge in [0.25, 0.3) is 0 Å². The number of nitrogens with one attached hydrogen (secondary N) is 1. The molecule has 0 spiro atoms. The van der Waals surface area contributed by atoms with Gasteiger partial charge in [-0.1, -0.05) is 12.1 Å². The largest absolute Gasteiger partial charge is 0.469 e. The van der Waals surface area contributed by atoms with Gasteiger partial charge in [0.05, 0.1) is 12.5 Å². The Kier molecular flexibility index (Phi) is 3.81. The van der Waals surface area contributed by atoms with Crippen molar-refractivity contribution < 1.29 is 14.3 Å². The highest BCUT2D eigenvalue weighted by atomic mass is 16.5. The van der Waals surface area contributed by atoms with Crippen molar-refractivity contribution in [1.29, 1.82) is 0 Å². The highest BCUT2D eigenvalue weighted by Gasteiger charge is 2.38. The first-order valence-electron chi connectivity index (χ1n) is 6.64. The normalized spacial score (nSPS) is 17.3. The van der Waals surface area contributed by atoms with Gasteiger partial charge in [0.1, 0.15) is 0 Å². The minimum Gasteiger partial charge on any atom is -0.469 e. The lowest BCUT2D eigenvalue weighted by Gasteiger charge is -2.18. The van der Waals surface area contributed by atoms with Gasteiger partial charge in [0.2, 0.25) is 5.91 Å². The van der Waals surface area contributed by atoms with Crippen LogP contribution in [-0.2, 0) is 19.7 Å². The third-order valence-corrected chi connectivity index (χ3v) is 3.85. The molecule has 1 aliphatic rings. The van der Waals surface area contributed by atoms with Crippen LogP contribution in [0.2, 0.25) is 0 Å². The lowest BCUT2D eigenvalue weighted by Crippen LogP contribution is -2.27. The van der Waals surface area contributed by atoms with Crippen LogP contribution in [-0.4, -0.2) is 19.0 Å². The average molecular weight is 276 g/mol. The number of benzene rings is 1. The van der Waals surface area contributed by atoms with Crippen LogP contribution in [0.25, 0.3) is 0 Å². The second-order valence-corrected chi connectivity index (χ2v) is 5.61. The Morgan fingerprint density at radius 2 is 2.15 bits per heavy atom. The summed E-state index contributed by atoms with van der Waals surface area (Å²) in [6.07, 6.45) is 0.808. The predicted molar refractivity (Wildman–Crippen MR) is 76.3 cm³/mol. The van der Waals surface area contributed by atoms with Crippen LogP contribution < -0.4 is 11.1 Å². The van der Waals surface area contributed by atoms with Gasteiger partial charge >= 0.3 is 5.97 Å². The summed E-state index contributed by atoms with van der Waals surface area (Å²) in [4.78, 5) is 23.0. The van der Waals surface area contributed by atoms with Gasteiger partial charge in [-0.15, -0.1) is 0 Å². The number of carbonyl (C=O) groups is 2. The molecule has 108 valence electrons. The topological polar surface area (TPSA) is 81.4 Å². The lowest BCUT2D eigenvalue weighted by molar-refractivity contribution is -0.140. The number of hydrogen-bond acceptors (Lipinski definition) is 4. The molecular formula is C15H20N2O3. The lowest BCUT2D eigenvalue weighted by atomic mass is 9.84. The summed E-state index contributed by atoms with van der Waals surface area (Å²) in [5.74, 6) is -0.272. The molecule has 3 N–H and O–H groups in total. The number of rotatable bonds is 4. The van der Waals surface area contributed by atoms with E-state index in [1.54, 1.807) is 0 Å². The Balaban J connectivity index is 2.18. The maximum Gasteiger partial charge on any atom is 0.305 e. The molecule has 1 amide bonds. The van der Waals surface area contributed by atoms with Crippen molar-refractivity contribution in [2.24, 2.45) is 5.73 Å². The minimum absolute atomic E-state index is 0.00668. The number of methoxy groups -OCH3 is 1. The van der Waals surface area contributed by atoms with E-state index in [4.69, 9.17) is 5.73 Å². The molecule has 5 nitrogen and oxygen atoms in total. The first-order chi connectivity index (χ1) is 9.36. The number of ether oxygens (including phenoxy) is 1. The molecule has 1 aromatic carbocycles. The van der Waals surface area contributed by atoms with Gasteiger partial charge in [0, 0.05) is 18.2 Å². The van der Waals surface area contributed by atoms with E-state index in [9.17, 15) is 9.59 Å². The molecule has 5 heteroatoms. The number of hydrogen-bond donors (Lipinski definition) is 2. The first kappa shape index (κ1) is 14.5. The molecule has 0 aliphatic carbocycles. The maximum absolute atomic E-state index is 11.9. The summed E-state index contributed by atoms with van der Waals surface area (Å²) < 4.78 is 4.61. The van der Waals surface area contributed by atoms with E-state index in [1.807, 2.05) is 32.0 Å². The fourth-order valence-corrected chi connectivity index (χ4v) is 2.36. The summed E-state index contributed by atoms with van der Waals surface area (Å²) in [6, 6.07) is 5.47. The van der Waals surface area contributed by atoms with E-state index >= 15 is 0 Å². The molecule has 0 radical (unpaired) electrons. The van der Waals surface area contributed by atoms with Crippen molar-refractivity contribution in [3.05, 3.63) is 29.3 Å². The number of carbonyl (C=O) groups excluding carboxylic acids is 2. The maximum atomic E-state index is 11.9. The van der Waals surface area contributed by atoms with Crippen LogP contribution in [0.15, 0.2) is 18.2 Å². The van der Waals surface area contributed by atoms with Gasteiger partial charge in [0.15, 0.2) is 0 Å². The van der Waals surface area contributed by atoms with Crippen LogP contribution in [0.1, 0.15) is 43.9 Å². The number of fused-ring (bicyclic) bond motifs is 1. The smallest absolute Gasteiger partial charge is 0.305 e. The van der Waals surface area contributed by atoms with Crippen molar-refractivity contribution in [2.45, 2.75) is 38.1 Å². The van der Waals surface area contributed by atoms with Crippen molar-refractivity contribution in [3.8, 4) is 0 Å². The SMILES string of the molecule is COC(=O)CCC(N)c1ccc2c(c1)C(C)(C)C(=O)N2. The van der Waals surface area contributed by atoms with Gasteiger partial charge in [-0.05, 0) is 37.5 Å². The number of nitrogens with two attached hydrogens (primary N) is 1. The summed E-state index contributed by atoms with van der Waals surface area (Å²) in [5, 5.41) is 2.86. The Bertz CT molecular complexity index is 552. The number of amides is 1. The first-order valence-corrected chi connectivity index (χ1v) is 6.64. The second-order valence-electron chi connectivity index (χ2n) is 5.61. The van der Waals surface area contributed by atoms with Crippen LogP contribution in [0.3, 0.4) is 0 Å². The molecule has 1 atom stereocenters. The van der Waals surface area contributed by atoms with E-state index in [2.05, 4.69) is 10.1 Å². The highest BCUT2D eigenvalue weighted by Crippen LogP contribution is 2.38.